The first kappa shape index (κ1) is 49.2. The first-order chi connectivity index (χ1) is 21.9. The van der Waals surface area contributed by atoms with Crippen molar-refractivity contribution < 1.29 is 27.9 Å². The zero-order valence-corrected chi connectivity index (χ0v) is 34.4. The molecule has 0 aromatic heterocycles. The third-order valence-electron chi connectivity index (χ3n) is 8.69. The van der Waals surface area contributed by atoms with Gasteiger partial charge in [0.25, 0.3) is 0 Å². The number of aliphatic hydroxyl groups is 1. The molecule has 2 aromatic carbocycles. The summed E-state index contributed by atoms with van der Waals surface area (Å²) in [6, 6.07) is 8.89. The molecule has 13 heteroatoms. The third-order valence-corrected chi connectivity index (χ3v) is 14.0. The van der Waals surface area contributed by atoms with Crippen LogP contribution in [0.15, 0.2) is 61.7 Å². The van der Waals surface area contributed by atoms with Crippen molar-refractivity contribution in [1.82, 2.24) is 9.80 Å². The van der Waals surface area contributed by atoms with E-state index in [1.807, 2.05) is 6.08 Å². The third kappa shape index (κ3) is 15.9. The highest BCUT2D eigenvalue weighted by Gasteiger charge is 2.38. The standard InChI is InChI=1S/C21H33ClFNO2Si.C15H19ClFNO2.2H2S/c1-8-10-17(15-26-27(6,7)21(2,3)4)24(5)19(25)14-13-16-11-9-12-18(23)20(16)22;1-3-5-12(10-19)18(2)14(20)9-8-11-6-4-7-13(17)15(11)16;;/h8-9,11-12,17H,1,10,13-15H2,2-7H3;3-4,6-7,12,19H,1,5,8-10H2,2H3;2*1H2/t17-;12-;;/m00../s1. The summed E-state index contributed by atoms with van der Waals surface area (Å²) in [5, 5.41) is 9.50. The van der Waals surface area contributed by atoms with Crippen LogP contribution in [0.25, 0.3) is 0 Å². The molecule has 0 aliphatic carbocycles. The number of aryl methyl sites for hydroxylation is 2. The fourth-order valence-electron chi connectivity index (χ4n) is 4.33. The largest absolute Gasteiger partial charge is 0.415 e. The highest BCUT2D eigenvalue weighted by molar-refractivity contribution is 7.59. The minimum absolute atomic E-state index is 0. The highest BCUT2D eigenvalue weighted by atomic mass is 35.5. The van der Waals surface area contributed by atoms with Crippen molar-refractivity contribution in [2.45, 2.75) is 89.5 Å². The predicted molar refractivity (Wildman–Crippen MR) is 213 cm³/mol. The lowest BCUT2D eigenvalue weighted by Crippen LogP contribution is -2.46. The molecule has 0 bridgehead atoms. The molecule has 0 saturated heterocycles. The number of amides is 2. The van der Waals surface area contributed by atoms with Crippen molar-refractivity contribution in [3.05, 3.63) is 94.5 Å². The summed E-state index contributed by atoms with van der Waals surface area (Å²) in [4.78, 5) is 27.9. The Morgan fingerprint density at radius 1 is 0.857 bits per heavy atom. The Bertz CT molecular complexity index is 1350. The number of halogens is 4. The van der Waals surface area contributed by atoms with Crippen LogP contribution in [0.5, 0.6) is 0 Å². The summed E-state index contributed by atoms with van der Waals surface area (Å²) in [5.41, 5.74) is 1.26. The SMILES string of the molecule is C=CC[C@@H](CO)N(C)C(=O)CCc1cccc(F)c1Cl.C=CC[C@@H](CO[Si](C)(C)C(C)(C)C)N(C)C(=O)CCc1cccc(F)c1Cl.S.S. The fourth-order valence-corrected chi connectivity index (χ4v) is 5.81. The zero-order chi connectivity index (χ0) is 35.9. The Morgan fingerprint density at radius 2 is 1.24 bits per heavy atom. The molecule has 2 rings (SSSR count). The van der Waals surface area contributed by atoms with Crippen LogP contribution in [-0.2, 0) is 26.9 Å². The van der Waals surface area contributed by atoms with E-state index in [9.17, 15) is 23.5 Å². The molecule has 0 radical (unpaired) electrons. The second-order valence-electron chi connectivity index (χ2n) is 13.0. The Labute approximate surface area is 317 Å². The van der Waals surface area contributed by atoms with E-state index in [0.29, 0.717) is 43.4 Å². The number of nitrogens with zero attached hydrogens (tertiary/aromatic N) is 2. The van der Waals surface area contributed by atoms with Gasteiger partial charge in [-0.25, -0.2) is 8.78 Å². The maximum Gasteiger partial charge on any atom is 0.222 e. The summed E-state index contributed by atoms with van der Waals surface area (Å²) in [5.74, 6) is -1.07. The molecular weight excluding hydrogens is 726 g/mol. The smallest absolute Gasteiger partial charge is 0.222 e. The Hall–Kier alpha value is -1.86. The van der Waals surface area contributed by atoms with Crippen LogP contribution < -0.4 is 0 Å². The fraction of sp³-hybridized carbons (Fsp3) is 0.500. The minimum atomic E-state index is -1.89. The van der Waals surface area contributed by atoms with Crippen molar-refractivity contribution in [3.8, 4) is 0 Å². The molecule has 6 nitrogen and oxygen atoms in total. The van der Waals surface area contributed by atoms with E-state index < -0.39 is 20.0 Å². The van der Waals surface area contributed by atoms with E-state index >= 15 is 0 Å². The van der Waals surface area contributed by atoms with Crippen LogP contribution in [0.1, 0.15) is 57.6 Å². The van der Waals surface area contributed by atoms with Crippen LogP contribution >= 0.6 is 50.2 Å². The first-order valence-electron chi connectivity index (χ1n) is 15.7. The topological polar surface area (TPSA) is 70.1 Å². The van der Waals surface area contributed by atoms with E-state index in [-0.39, 0.29) is 85.4 Å². The average molecular weight is 782 g/mol. The molecule has 0 heterocycles. The number of carbonyl (C=O) groups is 2. The Kier molecular flexibility index (Phi) is 23.7. The number of rotatable bonds is 16. The highest BCUT2D eigenvalue weighted by Crippen LogP contribution is 2.36. The number of hydrogen-bond acceptors (Lipinski definition) is 4. The van der Waals surface area contributed by atoms with E-state index in [1.54, 1.807) is 49.3 Å². The summed E-state index contributed by atoms with van der Waals surface area (Å²) in [6.07, 6.45) is 5.93. The van der Waals surface area contributed by atoms with Gasteiger partial charge in [-0.1, -0.05) is 80.4 Å². The maximum absolute atomic E-state index is 13.5. The average Bonchev–Trinajstić information content (AvgIpc) is 3.02. The second-order valence-corrected chi connectivity index (χ2v) is 18.6. The van der Waals surface area contributed by atoms with Crippen molar-refractivity contribution in [1.29, 1.82) is 0 Å². The molecule has 49 heavy (non-hydrogen) atoms. The number of likely N-dealkylation sites (N-methyl/N-ethyl adjacent to an activating group) is 2. The van der Waals surface area contributed by atoms with Crippen molar-refractivity contribution in [3.63, 3.8) is 0 Å². The number of carbonyl (C=O) groups excluding carboxylic acids is 2. The van der Waals surface area contributed by atoms with Crippen LogP contribution in [0.3, 0.4) is 0 Å². The molecule has 0 fully saturated rings. The summed E-state index contributed by atoms with van der Waals surface area (Å²) in [6.45, 7) is 18.8. The monoisotopic (exact) mass is 780 g/mol. The van der Waals surface area contributed by atoms with Gasteiger partial charge in [0.15, 0.2) is 8.32 Å². The summed E-state index contributed by atoms with van der Waals surface area (Å²) < 4.78 is 33.1. The van der Waals surface area contributed by atoms with E-state index in [2.05, 4.69) is 47.0 Å². The molecule has 0 spiro atoms. The molecular formula is C36H56Cl2F2N2O4S2Si. The minimum Gasteiger partial charge on any atom is -0.415 e. The molecule has 2 amide bonds. The van der Waals surface area contributed by atoms with Gasteiger partial charge in [-0.3, -0.25) is 9.59 Å². The van der Waals surface area contributed by atoms with Gasteiger partial charge in [0.2, 0.25) is 11.8 Å². The van der Waals surface area contributed by atoms with Gasteiger partial charge in [0.1, 0.15) is 11.6 Å². The van der Waals surface area contributed by atoms with E-state index in [1.165, 1.54) is 17.0 Å². The lowest BCUT2D eigenvalue weighted by molar-refractivity contribution is -0.133. The van der Waals surface area contributed by atoms with Crippen molar-refractivity contribution in [2.24, 2.45) is 0 Å². The van der Waals surface area contributed by atoms with Gasteiger partial charge in [-0.2, -0.15) is 27.0 Å². The first-order valence-corrected chi connectivity index (χ1v) is 19.4. The van der Waals surface area contributed by atoms with Gasteiger partial charge < -0.3 is 19.3 Å². The van der Waals surface area contributed by atoms with Crippen LogP contribution in [0, 0.1) is 11.6 Å². The molecule has 2 aromatic rings. The van der Waals surface area contributed by atoms with Crippen molar-refractivity contribution in [2.75, 3.05) is 27.3 Å². The van der Waals surface area contributed by atoms with Gasteiger partial charge >= 0.3 is 0 Å². The normalized spacial score (nSPS) is 12.2. The number of hydrogen-bond donors (Lipinski definition) is 1. The van der Waals surface area contributed by atoms with Crippen molar-refractivity contribution >= 4 is 70.3 Å². The lowest BCUT2D eigenvalue weighted by Gasteiger charge is -2.38. The quantitative estimate of drug-likeness (QED) is 0.137. The number of aliphatic hydroxyl groups excluding tert-OH is 1. The summed E-state index contributed by atoms with van der Waals surface area (Å²) in [7, 11) is 1.54. The van der Waals surface area contributed by atoms with Gasteiger partial charge in [0, 0.05) is 26.9 Å². The van der Waals surface area contributed by atoms with Crippen LogP contribution in [-0.4, -0.2) is 74.4 Å². The summed E-state index contributed by atoms with van der Waals surface area (Å²) >= 11 is 11.8. The number of benzene rings is 2. The van der Waals surface area contributed by atoms with Gasteiger partial charge in [0.05, 0.1) is 35.3 Å². The van der Waals surface area contributed by atoms with Crippen LogP contribution in [0.4, 0.5) is 8.78 Å². The van der Waals surface area contributed by atoms with E-state index in [0.717, 1.165) is 0 Å². The van der Waals surface area contributed by atoms with Crippen LogP contribution in [0.2, 0.25) is 28.2 Å². The van der Waals surface area contributed by atoms with Gasteiger partial charge in [-0.05, 0) is 67.1 Å². The molecule has 1 N–H and O–H groups in total. The van der Waals surface area contributed by atoms with E-state index in [4.69, 9.17) is 27.6 Å². The maximum atomic E-state index is 13.5. The molecule has 0 unspecified atom stereocenters. The molecule has 0 aliphatic rings. The molecule has 0 aliphatic heterocycles. The Balaban J connectivity index is 0. The second kappa shape index (κ2) is 23.6. The zero-order valence-electron chi connectivity index (χ0n) is 29.9. The Morgan fingerprint density at radius 3 is 1.61 bits per heavy atom. The molecule has 2 atom stereocenters. The predicted octanol–water partition coefficient (Wildman–Crippen LogP) is 8.87. The molecule has 0 saturated carbocycles. The molecule has 278 valence electrons. The lowest BCUT2D eigenvalue weighted by atomic mass is 10.1. The van der Waals surface area contributed by atoms with Gasteiger partial charge in [-0.15, -0.1) is 13.2 Å².